The first-order valence-corrected chi connectivity index (χ1v) is 5.50. The number of benzene rings is 1. The predicted octanol–water partition coefficient (Wildman–Crippen LogP) is 2.89. The minimum Gasteiger partial charge on any atom is -0.462 e. The van der Waals surface area contributed by atoms with Crippen molar-refractivity contribution in [3.63, 3.8) is 0 Å². The Morgan fingerprint density at radius 3 is 2.73 bits per heavy atom. The van der Waals surface area contributed by atoms with E-state index in [4.69, 9.17) is 4.74 Å². The molecule has 0 aromatic heterocycles. The van der Waals surface area contributed by atoms with Crippen LogP contribution >= 0.6 is 0 Å². The van der Waals surface area contributed by atoms with Crippen LogP contribution in [0.3, 0.4) is 0 Å². The topological polar surface area (TPSA) is 26.3 Å². The zero-order chi connectivity index (χ0) is 10.7. The molecule has 2 atom stereocenters. The number of carbonyl (C=O) groups is 1. The summed E-state index contributed by atoms with van der Waals surface area (Å²) in [6, 6.07) is 10.4. The van der Waals surface area contributed by atoms with Gasteiger partial charge in [-0.3, -0.25) is 4.79 Å². The molecule has 0 aliphatic carbocycles. The quantitative estimate of drug-likeness (QED) is 0.708. The summed E-state index contributed by atoms with van der Waals surface area (Å²) in [5.41, 5.74) is 1.32. The molecule has 1 heterocycles. The van der Waals surface area contributed by atoms with Crippen molar-refractivity contribution in [3.8, 4) is 0 Å². The van der Waals surface area contributed by atoms with Gasteiger partial charge in [-0.05, 0) is 24.3 Å². The highest BCUT2D eigenvalue weighted by Crippen LogP contribution is 2.26. The van der Waals surface area contributed by atoms with Crippen LogP contribution in [0.1, 0.15) is 37.7 Å². The molecule has 1 saturated heterocycles. The molecule has 80 valence electrons. The van der Waals surface area contributed by atoms with Crippen molar-refractivity contribution in [2.75, 3.05) is 0 Å². The fourth-order valence-electron chi connectivity index (χ4n) is 2.06. The molecule has 15 heavy (non-hydrogen) atoms. The van der Waals surface area contributed by atoms with Crippen molar-refractivity contribution in [3.05, 3.63) is 35.9 Å². The highest BCUT2D eigenvalue weighted by molar-refractivity contribution is 5.71. The Morgan fingerprint density at radius 1 is 1.40 bits per heavy atom. The molecule has 1 fully saturated rings. The molecule has 0 radical (unpaired) electrons. The summed E-state index contributed by atoms with van der Waals surface area (Å²) >= 11 is 0. The summed E-state index contributed by atoms with van der Waals surface area (Å²) in [6.45, 7) is 2.18. The van der Waals surface area contributed by atoms with E-state index < -0.39 is 0 Å². The maximum absolute atomic E-state index is 10.9. The highest BCUT2D eigenvalue weighted by Gasteiger charge is 2.25. The van der Waals surface area contributed by atoms with E-state index in [0.29, 0.717) is 12.3 Å². The molecule has 2 nitrogen and oxygen atoms in total. The molecule has 2 heteroatoms. The van der Waals surface area contributed by atoms with Gasteiger partial charge in [0.1, 0.15) is 6.10 Å². The Balaban J connectivity index is 1.92. The third kappa shape index (κ3) is 2.58. The number of esters is 1. The van der Waals surface area contributed by atoms with E-state index >= 15 is 0 Å². The van der Waals surface area contributed by atoms with Crippen LogP contribution in [-0.4, -0.2) is 12.1 Å². The number of ether oxygens (including phenoxy) is 1. The number of hydrogen-bond acceptors (Lipinski definition) is 2. The second-order valence-electron chi connectivity index (χ2n) is 4.20. The van der Waals surface area contributed by atoms with Crippen molar-refractivity contribution in [1.82, 2.24) is 0 Å². The maximum Gasteiger partial charge on any atom is 0.306 e. The number of hydrogen-bond donors (Lipinski definition) is 0. The summed E-state index contributed by atoms with van der Waals surface area (Å²) < 4.78 is 5.21. The summed E-state index contributed by atoms with van der Waals surface area (Å²) in [5.74, 6) is 0.419. The minimum absolute atomic E-state index is 0.0414. The van der Waals surface area contributed by atoms with Crippen molar-refractivity contribution in [2.24, 2.45) is 0 Å². The Hall–Kier alpha value is -1.31. The molecule has 0 bridgehead atoms. The molecule has 1 aromatic rings. The molecule has 0 saturated carbocycles. The Kier molecular flexibility index (Phi) is 3.05. The lowest BCUT2D eigenvalue weighted by Gasteiger charge is -2.15. The van der Waals surface area contributed by atoms with Gasteiger partial charge in [0.15, 0.2) is 0 Å². The second kappa shape index (κ2) is 4.47. The van der Waals surface area contributed by atoms with Gasteiger partial charge >= 0.3 is 5.97 Å². The van der Waals surface area contributed by atoms with Gasteiger partial charge in [0, 0.05) is 6.42 Å². The summed E-state index contributed by atoms with van der Waals surface area (Å²) in [7, 11) is 0. The van der Waals surface area contributed by atoms with Crippen LogP contribution in [0.2, 0.25) is 0 Å². The third-order valence-electron chi connectivity index (χ3n) is 2.95. The summed E-state index contributed by atoms with van der Waals surface area (Å²) in [4.78, 5) is 10.9. The van der Waals surface area contributed by atoms with Crippen molar-refractivity contribution in [1.29, 1.82) is 0 Å². The van der Waals surface area contributed by atoms with Crippen LogP contribution in [-0.2, 0) is 9.53 Å². The lowest BCUT2D eigenvalue weighted by Crippen LogP contribution is -2.10. The van der Waals surface area contributed by atoms with Crippen LogP contribution in [0, 0.1) is 0 Å². The zero-order valence-electron chi connectivity index (χ0n) is 8.98. The molecular weight excluding hydrogens is 188 g/mol. The largest absolute Gasteiger partial charge is 0.462 e. The van der Waals surface area contributed by atoms with Gasteiger partial charge in [0.05, 0.1) is 0 Å². The molecule has 1 aliphatic heterocycles. The van der Waals surface area contributed by atoms with E-state index in [1.165, 1.54) is 5.56 Å². The second-order valence-corrected chi connectivity index (χ2v) is 4.20. The zero-order valence-corrected chi connectivity index (χ0v) is 8.98. The fourth-order valence-corrected chi connectivity index (χ4v) is 2.06. The molecular formula is C13H16O2. The normalized spacial score (nSPS) is 22.5. The van der Waals surface area contributed by atoms with Crippen molar-refractivity contribution < 1.29 is 9.53 Å². The molecule has 1 aliphatic rings. The summed E-state index contributed by atoms with van der Waals surface area (Å²) in [5, 5.41) is 0. The van der Waals surface area contributed by atoms with E-state index in [0.717, 1.165) is 12.8 Å². The first-order chi connectivity index (χ1) is 7.25. The SMILES string of the molecule is CC(CC1CCC(=O)O1)c1ccccc1. The van der Waals surface area contributed by atoms with E-state index in [1.807, 2.05) is 18.2 Å². The molecule has 0 N–H and O–H groups in total. The molecule has 0 spiro atoms. The van der Waals surface area contributed by atoms with E-state index in [1.54, 1.807) is 0 Å². The minimum atomic E-state index is -0.0414. The molecule has 2 rings (SSSR count). The summed E-state index contributed by atoms with van der Waals surface area (Å²) in [6.07, 6.45) is 2.55. The monoisotopic (exact) mass is 204 g/mol. The van der Waals surface area contributed by atoms with Gasteiger partial charge in [-0.1, -0.05) is 37.3 Å². The molecule has 1 aromatic carbocycles. The van der Waals surface area contributed by atoms with Crippen molar-refractivity contribution in [2.45, 2.75) is 38.2 Å². The number of carbonyl (C=O) groups excluding carboxylic acids is 1. The number of rotatable bonds is 3. The van der Waals surface area contributed by atoms with Crippen LogP contribution in [0.5, 0.6) is 0 Å². The Labute approximate surface area is 90.3 Å². The van der Waals surface area contributed by atoms with Gasteiger partial charge in [-0.25, -0.2) is 0 Å². The lowest BCUT2D eigenvalue weighted by atomic mass is 9.94. The van der Waals surface area contributed by atoms with Gasteiger partial charge in [0.2, 0.25) is 0 Å². The average molecular weight is 204 g/mol. The third-order valence-corrected chi connectivity index (χ3v) is 2.95. The van der Waals surface area contributed by atoms with E-state index in [-0.39, 0.29) is 12.1 Å². The fraction of sp³-hybridized carbons (Fsp3) is 0.462. The van der Waals surface area contributed by atoms with Crippen LogP contribution < -0.4 is 0 Å². The first-order valence-electron chi connectivity index (χ1n) is 5.50. The van der Waals surface area contributed by atoms with Crippen LogP contribution in [0.25, 0.3) is 0 Å². The predicted molar refractivity (Wildman–Crippen MR) is 58.6 cm³/mol. The average Bonchev–Trinajstić information content (AvgIpc) is 2.65. The van der Waals surface area contributed by atoms with Gasteiger partial charge < -0.3 is 4.74 Å². The van der Waals surface area contributed by atoms with Gasteiger partial charge in [-0.15, -0.1) is 0 Å². The maximum atomic E-state index is 10.9. The van der Waals surface area contributed by atoms with Gasteiger partial charge in [0.25, 0.3) is 0 Å². The standard InChI is InChI=1S/C13H16O2/c1-10(11-5-3-2-4-6-11)9-12-7-8-13(14)15-12/h2-6,10,12H,7-9H2,1H3. The Bertz CT molecular complexity index is 332. The first kappa shape index (κ1) is 10.2. The van der Waals surface area contributed by atoms with Crippen molar-refractivity contribution >= 4 is 5.97 Å². The van der Waals surface area contributed by atoms with Gasteiger partial charge in [-0.2, -0.15) is 0 Å². The molecule has 2 unspecified atom stereocenters. The lowest BCUT2D eigenvalue weighted by molar-refractivity contribution is -0.141. The van der Waals surface area contributed by atoms with Crippen LogP contribution in [0.4, 0.5) is 0 Å². The van der Waals surface area contributed by atoms with Crippen LogP contribution in [0.15, 0.2) is 30.3 Å². The smallest absolute Gasteiger partial charge is 0.306 e. The Morgan fingerprint density at radius 2 is 2.13 bits per heavy atom. The molecule has 0 amide bonds. The highest BCUT2D eigenvalue weighted by atomic mass is 16.5. The van der Waals surface area contributed by atoms with E-state index in [9.17, 15) is 4.79 Å². The van der Waals surface area contributed by atoms with E-state index in [2.05, 4.69) is 19.1 Å². The number of cyclic esters (lactones) is 1.